The number of hydrogen-bond acceptors (Lipinski definition) is 4. The Morgan fingerprint density at radius 3 is 2.43 bits per heavy atom. The van der Waals surface area contributed by atoms with Gasteiger partial charge in [-0.3, -0.25) is 4.79 Å². The van der Waals surface area contributed by atoms with Gasteiger partial charge in [-0.05, 0) is 39.8 Å². The highest BCUT2D eigenvalue weighted by Crippen LogP contribution is 2.19. The number of nitrogens with zero attached hydrogens (tertiary/aromatic N) is 3. The van der Waals surface area contributed by atoms with Crippen molar-refractivity contribution in [2.75, 3.05) is 5.01 Å². The third-order valence-electron chi connectivity index (χ3n) is 2.59. The summed E-state index contributed by atoms with van der Waals surface area (Å²) in [6.07, 6.45) is -0.796. The number of rotatable bonds is 1. The molecule has 0 saturated carbocycles. The molecule has 0 bridgehead atoms. The predicted octanol–water partition coefficient (Wildman–Crippen LogP) is 2.79. The summed E-state index contributed by atoms with van der Waals surface area (Å²) in [6, 6.07) is 8.96. The summed E-state index contributed by atoms with van der Waals surface area (Å²) in [4.78, 5) is 27.7. The molecule has 0 fully saturated rings. The molecule has 1 aliphatic heterocycles. The maximum atomic E-state index is 12.3. The summed E-state index contributed by atoms with van der Waals surface area (Å²) in [6.45, 7) is 6.83. The molecule has 0 radical (unpaired) electrons. The number of carbonyl (C=O) groups excluding carboxylic acids is 2. The summed E-state index contributed by atoms with van der Waals surface area (Å²) < 4.78 is 5.09. The topological polar surface area (TPSA) is 71.3 Å². The Balaban J connectivity index is 2.23. The van der Waals surface area contributed by atoms with Gasteiger partial charge in [-0.2, -0.15) is 15.1 Å². The smallest absolute Gasteiger partial charge is 0.434 e. The van der Waals surface area contributed by atoms with Crippen LogP contribution in [0.15, 0.2) is 40.4 Å². The Kier molecular flexibility index (Phi) is 3.88. The zero-order valence-corrected chi connectivity index (χ0v) is 12.5. The van der Waals surface area contributed by atoms with Crippen molar-refractivity contribution in [1.29, 1.82) is 0 Å². The lowest BCUT2D eigenvalue weighted by Gasteiger charge is -2.17. The molecule has 1 aliphatic rings. The van der Waals surface area contributed by atoms with Crippen LogP contribution in [0.25, 0.3) is 0 Å². The maximum Gasteiger partial charge on any atom is 0.434 e. The number of carbonyl (C=O) groups is 2. The lowest BCUT2D eigenvalue weighted by molar-refractivity contribution is -0.112. The van der Waals surface area contributed by atoms with Crippen LogP contribution in [-0.2, 0) is 9.53 Å². The van der Waals surface area contributed by atoms with Crippen LogP contribution in [0.5, 0.6) is 0 Å². The third kappa shape index (κ3) is 3.53. The van der Waals surface area contributed by atoms with E-state index in [4.69, 9.17) is 4.74 Å². The zero-order valence-electron chi connectivity index (χ0n) is 12.5. The molecule has 0 unspecified atom stereocenters. The quantitative estimate of drug-likeness (QED) is 0.797. The van der Waals surface area contributed by atoms with Crippen molar-refractivity contribution in [3.05, 3.63) is 30.3 Å². The Labute approximate surface area is 123 Å². The molecule has 0 N–H and O–H groups in total. The van der Waals surface area contributed by atoms with E-state index in [0.29, 0.717) is 11.4 Å². The minimum atomic E-state index is -0.796. The highest BCUT2D eigenvalue weighted by molar-refractivity contribution is 6.71. The first-order chi connectivity index (χ1) is 9.78. The van der Waals surface area contributed by atoms with Crippen molar-refractivity contribution >= 4 is 29.1 Å². The van der Waals surface area contributed by atoms with E-state index in [0.717, 1.165) is 0 Å². The molecule has 1 aromatic rings. The minimum Gasteiger partial charge on any atom is -0.442 e. The van der Waals surface area contributed by atoms with Gasteiger partial charge >= 0.3 is 6.09 Å². The lowest BCUT2D eigenvalue weighted by atomic mass is 10.2. The maximum absolute atomic E-state index is 12.3. The first-order valence-corrected chi connectivity index (χ1v) is 6.55. The molecule has 1 heterocycles. The second-order valence-corrected chi connectivity index (χ2v) is 5.58. The molecule has 6 nitrogen and oxygen atoms in total. The number of hydrazone groups is 1. The van der Waals surface area contributed by atoms with E-state index in [1.807, 2.05) is 6.07 Å². The number of hydrogen-bond donors (Lipinski definition) is 0. The molecule has 110 valence electrons. The van der Waals surface area contributed by atoms with E-state index in [-0.39, 0.29) is 5.71 Å². The molecule has 0 saturated heterocycles. The molecule has 6 heteroatoms. The molecule has 1 aromatic carbocycles. The van der Waals surface area contributed by atoms with Crippen LogP contribution >= 0.6 is 0 Å². The summed E-state index contributed by atoms with van der Waals surface area (Å²) in [5.41, 5.74) is 0.353. The van der Waals surface area contributed by atoms with Crippen LogP contribution in [0.3, 0.4) is 0 Å². The van der Waals surface area contributed by atoms with Crippen molar-refractivity contribution in [1.82, 2.24) is 0 Å². The fourth-order valence-electron chi connectivity index (χ4n) is 1.75. The normalized spacial score (nSPS) is 17.1. The number of para-hydroxylation sites is 1. The Morgan fingerprint density at radius 1 is 1.24 bits per heavy atom. The van der Waals surface area contributed by atoms with E-state index >= 15 is 0 Å². The fourth-order valence-corrected chi connectivity index (χ4v) is 1.75. The van der Waals surface area contributed by atoms with Gasteiger partial charge in [-0.15, -0.1) is 0 Å². The molecule has 2 amide bonds. The molecular weight excluding hydrogens is 270 g/mol. The third-order valence-corrected chi connectivity index (χ3v) is 2.59. The van der Waals surface area contributed by atoms with Crippen LogP contribution in [0, 0.1) is 0 Å². The molecule has 0 atom stereocenters. The van der Waals surface area contributed by atoms with Crippen molar-refractivity contribution in [2.45, 2.75) is 33.3 Å². The molecule has 21 heavy (non-hydrogen) atoms. The zero-order chi connectivity index (χ0) is 15.6. The second-order valence-electron chi connectivity index (χ2n) is 5.58. The van der Waals surface area contributed by atoms with Gasteiger partial charge in [0.15, 0.2) is 5.71 Å². The first-order valence-electron chi connectivity index (χ1n) is 6.55. The number of anilines is 1. The molecule has 0 aliphatic carbocycles. The van der Waals surface area contributed by atoms with Crippen LogP contribution in [0.2, 0.25) is 0 Å². The Morgan fingerprint density at radius 2 is 1.86 bits per heavy atom. The summed E-state index contributed by atoms with van der Waals surface area (Å²) >= 11 is 0. The van der Waals surface area contributed by atoms with E-state index in [1.165, 1.54) is 5.01 Å². The molecule has 0 aromatic heterocycles. The summed E-state index contributed by atoms with van der Waals surface area (Å²) in [5.74, 6) is -0.440. The molecule has 2 rings (SSSR count). The van der Waals surface area contributed by atoms with Crippen LogP contribution in [0.1, 0.15) is 27.7 Å². The van der Waals surface area contributed by atoms with Crippen LogP contribution in [-0.4, -0.2) is 29.0 Å². The van der Waals surface area contributed by atoms with Crippen LogP contribution < -0.4 is 5.01 Å². The van der Waals surface area contributed by atoms with Gasteiger partial charge in [-0.1, -0.05) is 18.2 Å². The Bertz CT molecular complexity index is 627. The fraction of sp³-hybridized carbons (Fsp3) is 0.333. The summed E-state index contributed by atoms with van der Waals surface area (Å²) in [5, 5.41) is 5.35. The average molecular weight is 287 g/mol. The number of ether oxygens (including phenoxy) is 1. The highest BCUT2D eigenvalue weighted by atomic mass is 16.6. The standard InChI is InChI=1S/C15H17N3O3/c1-10-12(16-14(20)21-15(2,3)4)13(19)18(17-10)11-8-6-5-7-9-11/h5-9H,1-4H3/b16-12+. The lowest BCUT2D eigenvalue weighted by Crippen LogP contribution is -2.29. The largest absolute Gasteiger partial charge is 0.442 e. The van der Waals surface area contributed by atoms with Gasteiger partial charge in [0.1, 0.15) is 5.60 Å². The average Bonchev–Trinajstić information content (AvgIpc) is 2.66. The van der Waals surface area contributed by atoms with E-state index in [9.17, 15) is 9.59 Å². The van der Waals surface area contributed by atoms with Gasteiger partial charge in [0.05, 0.1) is 11.4 Å². The number of aliphatic imine (C=N–C) groups is 1. The van der Waals surface area contributed by atoms with Crippen molar-refractivity contribution in [3.8, 4) is 0 Å². The van der Waals surface area contributed by atoms with E-state index < -0.39 is 17.6 Å². The van der Waals surface area contributed by atoms with Gasteiger partial charge in [0, 0.05) is 0 Å². The number of amides is 2. The van der Waals surface area contributed by atoms with Crippen molar-refractivity contribution < 1.29 is 14.3 Å². The number of benzene rings is 1. The first kappa shape index (κ1) is 14.9. The predicted molar refractivity (Wildman–Crippen MR) is 80.7 cm³/mol. The Hall–Kier alpha value is -2.50. The van der Waals surface area contributed by atoms with E-state index in [1.54, 1.807) is 52.0 Å². The van der Waals surface area contributed by atoms with Gasteiger partial charge < -0.3 is 4.74 Å². The van der Waals surface area contributed by atoms with E-state index in [2.05, 4.69) is 10.1 Å². The van der Waals surface area contributed by atoms with Crippen LogP contribution in [0.4, 0.5) is 10.5 Å². The second kappa shape index (κ2) is 5.47. The monoisotopic (exact) mass is 287 g/mol. The molecule has 0 spiro atoms. The SMILES string of the molecule is CC1=NN(c2ccccc2)C(=O)/C1=N/C(=O)OC(C)(C)C. The minimum absolute atomic E-state index is 0.00750. The van der Waals surface area contributed by atoms with Gasteiger partial charge in [0.2, 0.25) is 0 Å². The summed E-state index contributed by atoms with van der Waals surface area (Å²) in [7, 11) is 0. The highest BCUT2D eigenvalue weighted by Gasteiger charge is 2.31. The van der Waals surface area contributed by atoms with Gasteiger partial charge in [0.25, 0.3) is 5.91 Å². The molecular formula is C15H17N3O3. The van der Waals surface area contributed by atoms with Crippen molar-refractivity contribution in [3.63, 3.8) is 0 Å². The van der Waals surface area contributed by atoms with Gasteiger partial charge in [-0.25, -0.2) is 4.79 Å². The van der Waals surface area contributed by atoms with Crippen molar-refractivity contribution in [2.24, 2.45) is 10.1 Å².